The van der Waals surface area contributed by atoms with Gasteiger partial charge in [0, 0.05) is 10.8 Å². The molecule has 2 unspecified atom stereocenters. The van der Waals surface area contributed by atoms with Gasteiger partial charge in [0.15, 0.2) is 6.10 Å². The monoisotopic (exact) mass is 343 g/mol. The van der Waals surface area contributed by atoms with E-state index in [0.717, 1.165) is 11.3 Å². The van der Waals surface area contributed by atoms with Crippen LogP contribution < -0.4 is 10.1 Å². The molecule has 1 amide bonds. The summed E-state index contributed by atoms with van der Waals surface area (Å²) in [7, 11) is 0. The Kier molecular flexibility index (Phi) is 5.24. The number of ether oxygens (including phenoxy) is 1. The molecule has 0 radical (unpaired) electrons. The van der Waals surface area contributed by atoms with Crippen LogP contribution >= 0.6 is 23.4 Å². The second-order valence-electron chi connectivity index (χ2n) is 5.35. The van der Waals surface area contributed by atoms with Gasteiger partial charge in [0.25, 0.3) is 5.91 Å². The zero-order chi connectivity index (χ0) is 16.3. The van der Waals surface area contributed by atoms with Crippen molar-refractivity contribution in [1.29, 1.82) is 0 Å². The zero-order valence-electron chi connectivity index (χ0n) is 12.4. The molecule has 0 aliphatic carbocycles. The van der Waals surface area contributed by atoms with Crippen LogP contribution in [0.15, 0.2) is 18.2 Å². The highest BCUT2D eigenvalue weighted by molar-refractivity contribution is 7.99. The van der Waals surface area contributed by atoms with Crippen molar-refractivity contribution < 1.29 is 19.4 Å². The molecule has 0 bridgehead atoms. The van der Waals surface area contributed by atoms with Gasteiger partial charge < -0.3 is 15.2 Å². The molecule has 1 aliphatic rings. The third-order valence-electron chi connectivity index (χ3n) is 3.60. The second-order valence-corrected chi connectivity index (χ2v) is 6.86. The molecule has 1 heterocycles. The van der Waals surface area contributed by atoms with Crippen LogP contribution in [-0.2, 0) is 9.59 Å². The van der Waals surface area contributed by atoms with Gasteiger partial charge in [-0.2, -0.15) is 11.8 Å². The summed E-state index contributed by atoms with van der Waals surface area (Å²) >= 11 is 7.46. The summed E-state index contributed by atoms with van der Waals surface area (Å²) in [5, 5.41) is 12.6. The molecule has 0 spiro atoms. The number of carboxylic acid groups (broad SMARTS) is 1. The van der Waals surface area contributed by atoms with Crippen molar-refractivity contribution in [2.24, 2.45) is 0 Å². The summed E-state index contributed by atoms with van der Waals surface area (Å²) in [5.41, 5.74) is -0.337. The third-order valence-corrected chi connectivity index (χ3v) is 5.22. The number of rotatable bonds is 5. The van der Waals surface area contributed by atoms with Gasteiger partial charge in [0.05, 0.1) is 0 Å². The summed E-state index contributed by atoms with van der Waals surface area (Å²) in [4.78, 5) is 23.7. The van der Waals surface area contributed by atoms with E-state index in [1.54, 1.807) is 25.1 Å². The number of carbonyl (C=O) groups excluding carboxylic acids is 1. The summed E-state index contributed by atoms with van der Waals surface area (Å²) in [6, 6.07) is 5.12. The van der Waals surface area contributed by atoms with Crippen LogP contribution in [0, 0.1) is 6.92 Å². The molecule has 2 atom stereocenters. The number of halogens is 1. The van der Waals surface area contributed by atoms with Crippen LogP contribution in [0.3, 0.4) is 0 Å². The molecule has 5 nitrogen and oxygen atoms in total. The van der Waals surface area contributed by atoms with E-state index in [1.807, 2.05) is 6.92 Å². The average Bonchev–Trinajstić information content (AvgIpc) is 2.92. The van der Waals surface area contributed by atoms with E-state index in [4.69, 9.17) is 16.3 Å². The second kappa shape index (κ2) is 6.79. The highest BCUT2D eigenvalue weighted by Gasteiger charge is 2.44. The Morgan fingerprint density at radius 2 is 2.23 bits per heavy atom. The molecule has 2 N–H and O–H groups in total. The predicted molar refractivity (Wildman–Crippen MR) is 86.7 cm³/mol. The fourth-order valence-corrected chi connectivity index (χ4v) is 3.61. The fourth-order valence-electron chi connectivity index (χ4n) is 2.17. The first kappa shape index (κ1) is 17.0. The van der Waals surface area contributed by atoms with Crippen molar-refractivity contribution in [2.45, 2.75) is 31.9 Å². The van der Waals surface area contributed by atoms with Gasteiger partial charge in [0.2, 0.25) is 0 Å². The molecule has 1 aliphatic heterocycles. The Labute approximate surface area is 138 Å². The Bertz CT molecular complexity index is 587. The van der Waals surface area contributed by atoms with E-state index >= 15 is 0 Å². The number of aryl methyl sites for hydroxylation is 1. The van der Waals surface area contributed by atoms with Gasteiger partial charge in [-0.05, 0) is 49.8 Å². The minimum Gasteiger partial charge on any atom is -0.481 e. The molecule has 1 aromatic rings. The number of hydrogen-bond donors (Lipinski definition) is 2. The molecule has 1 fully saturated rings. The standard InChI is InChI=1S/C15H18ClNO4S/c1-9-7-11(3-4-12(9)16)21-10(2)13(18)17-15(14(19)20)5-6-22-8-15/h3-4,7,10H,5-6,8H2,1-2H3,(H,17,18)(H,19,20). The van der Waals surface area contributed by atoms with Crippen LogP contribution in [0.4, 0.5) is 0 Å². The van der Waals surface area contributed by atoms with Crippen molar-refractivity contribution >= 4 is 35.2 Å². The zero-order valence-corrected chi connectivity index (χ0v) is 14.0. The predicted octanol–water partition coefficient (Wildman–Crippen LogP) is 2.49. The van der Waals surface area contributed by atoms with Crippen molar-refractivity contribution in [3.63, 3.8) is 0 Å². The maximum atomic E-state index is 12.2. The summed E-state index contributed by atoms with van der Waals surface area (Å²) < 4.78 is 5.58. The number of aliphatic carboxylic acids is 1. The van der Waals surface area contributed by atoms with Gasteiger partial charge in [-0.15, -0.1) is 0 Å². The first-order valence-corrected chi connectivity index (χ1v) is 8.43. The van der Waals surface area contributed by atoms with Gasteiger partial charge in [-0.1, -0.05) is 11.6 Å². The van der Waals surface area contributed by atoms with Crippen LogP contribution in [0.2, 0.25) is 5.02 Å². The maximum Gasteiger partial charge on any atom is 0.330 e. The number of thioether (sulfide) groups is 1. The third kappa shape index (κ3) is 3.67. The Morgan fingerprint density at radius 1 is 1.50 bits per heavy atom. The number of hydrogen-bond acceptors (Lipinski definition) is 4. The minimum absolute atomic E-state index is 0.376. The Morgan fingerprint density at radius 3 is 2.77 bits per heavy atom. The summed E-state index contributed by atoms with van der Waals surface area (Å²) in [6.45, 7) is 3.44. The van der Waals surface area contributed by atoms with Crippen molar-refractivity contribution in [3.8, 4) is 5.75 Å². The molecule has 1 saturated heterocycles. The van der Waals surface area contributed by atoms with Crippen molar-refractivity contribution in [1.82, 2.24) is 5.32 Å². The smallest absolute Gasteiger partial charge is 0.330 e. The lowest BCUT2D eigenvalue weighted by atomic mass is 9.99. The SMILES string of the molecule is Cc1cc(OC(C)C(=O)NC2(C(=O)O)CCSC2)ccc1Cl. The van der Waals surface area contributed by atoms with Gasteiger partial charge in [0.1, 0.15) is 11.3 Å². The van der Waals surface area contributed by atoms with Gasteiger partial charge in [-0.3, -0.25) is 4.79 Å². The highest BCUT2D eigenvalue weighted by atomic mass is 35.5. The lowest BCUT2D eigenvalue weighted by Crippen LogP contribution is -2.57. The Balaban J connectivity index is 2.02. The number of amides is 1. The van der Waals surface area contributed by atoms with E-state index in [2.05, 4.69) is 5.32 Å². The van der Waals surface area contributed by atoms with E-state index in [-0.39, 0.29) is 0 Å². The average molecular weight is 344 g/mol. The van der Waals surface area contributed by atoms with Crippen molar-refractivity contribution in [3.05, 3.63) is 28.8 Å². The topological polar surface area (TPSA) is 75.6 Å². The van der Waals surface area contributed by atoms with Gasteiger partial charge in [-0.25, -0.2) is 4.79 Å². The Hall–Kier alpha value is -1.40. The van der Waals surface area contributed by atoms with Crippen LogP contribution in [0.25, 0.3) is 0 Å². The molecular formula is C15H18ClNO4S. The normalized spacial score (nSPS) is 22.1. The number of carboxylic acids is 1. The minimum atomic E-state index is -1.19. The maximum absolute atomic E-state index is 12.2. The number of nitrogens with one attached hydrogen (secondary N) is 1. The molecule has 1 aromatic carbocycles. The van der Waals surface area contributed by atoms with E-state index in [1.165, 1.54) is 11.8 Å². The molecule has 0 saturated carbocycles. The highest BCUT2D eigenvalue weighted by Crippen LogP contribution is 2.28. The first-order valence-electron chi connectivity index (χ1n) is 6.90. The lowest BCUT2D eigenvalue weighted by Gasteiger charge is -2.26. The molecular weight excluding hydrogens is 326 g/mol. The lowest BCUT2D eigenvalue weighted by molar-refractivity contribution is -0.147. The summed E-state index contributed by atoms with van der Waals surface area (Å²) in [5.74, 6) is 0.187. The number of carbonyl (C=O) groups is 2. The molecule has 7 heteroatoms. The largest absolute Gasteiger partial charge is 0.481 e. The number of benzene rings is 1. The van der Waals surface area contributed by atoms with E-state index < -0.39 is 23.5 Å². The van der Waals surface area contributed by atoms with E-state index in [0.29, 0.717) is 22.9 Å². The summed E-state index contributed by atoms with van der Waals surface area (Å²) in [6.07, 6.45) is -0.367. The fraction of sp³-hybridized carbons (Fsp3) is 0.467. The van der Waals surface area contributed by atoms with Crippen LogP contribution in [0.5, 0.6) is 5.75 Å². The van der Waals surface area contributed by atoms with Crippen LogP contribution in [0.1, 0.15) is 18.9 Å². The van der Waals surface area contributed by atoms with Crippen LogP contribution in [-0.4, -0.2) is 40.1 Å². The van der Waals surface area contributed by atoms with E-state index in [9.17, 15) is 14.7 Å². The van der Waals surface area contributed by atoms with Gasteiger partial charge >= 0.3 is 5.97 Å². The molecule has 22 heavy (non-hydrogen) atoms. The molecule has 2 rings (SSSR count). The quantitative estimate of drug-likeness (QED) is 0.859. The molecule has 120 valence electrons. The van der Waals surface area contributed by atoms with Crippen molar-refractivity contribution in [2.75, 3.05) is 11.5 Å². The first-order chi connectivity index (χ1) is 10.3. The molecule has 0 aromatic heterocycles.